The minimum atomic E-state index is 0.253. The molecule has 0 amide bonds. The average Bonchev–Trinajstić information content (AvgIpc) is 3.35. The highest BCUT2D eigenvalue weighted by Gasteiger charge is 2.31. The van der Waals surface area contributed by atoms with Gasteiger partial charge in [-0.2, -0.15) is 4.98 Å². The maximum Gasteiger partial charge on any atom is 0.229 e. The molecule has 1 aliphatic carbocycles. The van der Waals surface area contributed by atoms with Crippen LogP contribution in [0.3, 0.4) is 0 Å². The van der Waals surface area contributed by atoms with Gasteiger partial charge in [-0.1, -0.05) is 23.4 Å². The Kier molecular flexibility index (Phi) is 4.01. The Morgan fingerprint density at radius 2 is 2.22 bits per heavy atom. The molecule has 1 aliphatic heterocycles. The summed E-state index contributed by atoms with van der Waals surface area (Å²) in [6, 6.07) is 8.47. The highest BCUT2D eigenvalue weighted by Crippen LogP contribution is 2.39. The van der Waals surface area contributed by atoms with Crippen LogP contribution in [-0.2, 0) is 6.54 Å². The first-order valence-corrected chi connectivity index (χ1v) is 8.25. The van der Waals surface area contributed by atoms with Crippen LogP contribution < -0.4 is 10.1 Å². The van der Waals surface area contributed by atoms with Gasteiger partial charge in [-0.3, -0.25) is 4.90 Å². The maximum atomic E-state index is 5.54. The van der Waals surface area contributed by atoms with Crippen molar-refractivity contribution in [3.05, 3.63) is 41.5 Å². The molecule has 1 saturated heterocycles. The average molecular weight is 314 g/mol. The molecule has 0 bridgehead atoms. The van der Waals surface area contributed by atoms with Crippen LogP contribution in [-0.4, -0.2) is 41.8 Å². The van der Waals surface area contributed by atoms with E-state index < -0.39 is 0 Å². The van der Waals surface area contributed by atoms with Crippen molar-refractivity contribution in [2.45, 2.75) is 31.3 Å². The van der Waals surface area contributed by atoms with E-state index in [2.05, 4.69) is 32.5 Å². The summed E-state index contributed by atoms with van der Waals surface area (Å²) >= 11 is 0. The number of nitrogens with one attached hydrogen (secondary N) is 1. The summed E-state index contributed by atoms with van der Waals surface area (Å²) in [5.74, 6) is 3.03. The monoisotopic (exact) mass is 314 g/mol. The van der Waals surface area contributed by atoms with Gasteiger partial charge in [0.25, 0.3) is 0 Å². The minimum Gasteiger partial charge on any atom is -0.496 e. The summed E-state index contributed by atoms with van der Waals surface area (Å²) in [5.41, 5.74) is 1.20. The number of rotatable bonds is 5. The number of piperazine rings is 1. The molecule has 6 heteroatoms. The van der Waals surface area contributed by atoms with Gasteiger partial charge in [0.2, 0.25) is 5.89 Å². The number of para-hydroxylation sites is 1. The highest BCUT2D eigenvalue weighted by atomic mass is 16.5. The van der Waals surface area contributed by atoms with Crippen LogP contribution in [0, 0.1) is 0 Å². The second kappa shape index (κ2) is 6.29. The molecule has 1 aromatic heterocycles. The van der Waals surface area contributed by atoms with Gasteiger partial charge < -0.3 is 14.6 Å². The molecule has 6 nitrogen and oxygen atoms in total. The minimum absolute atomic E-state index is 0.253. The molecular formula is C17H22N4O2. The molecule has 4 rings (SSSR count). The topological polar surface area (TPSA) is 63.4 Å². The Labute approximate surface area is 135 Å². The van der Waals surface area contributed by atoms with Crippen LogP contribution in [0.5, 0.6) is 5.75 Å². The van der Waals surface area contributed by atoms with Gasteiger partial charge in [-0.15, -0.1) is 0 Å². The molecule has 1 atom stereocenters. The molecule has 1 N–H and O–H groups in total. The molecule has 2 fully saturated rings. The van der Waals surface area contributed by atoms with Gasteiger partial charge in [0.15, 0.2) is 5.82 Å². The summed E-state index contributed by atoms with van der Waals surface area (Å²) in [6.45, 7) is 3.53. The van der Waals surface area contributed by atoms with Crippen molar-refractivity contribution in [1.29, 1.82) is 0 Å². The SMILES string of the molecule is COc1ccccc1C1CNCCN1Cc1noc(C2CC2)n1. The zero-order valence-corrected chi connectivity index (χ0v) is 13.4. The van der Waals surface area contributed by atoms with E-state index in [4.69, 9.17) is 9.26 Å². The van der Waals surface area contributed by atoms with E-state index in [0.29, 0.717) is 12.5 Å². The number of nitrogens with zero attached hydrogens (tertiary/aromatic N) is 3. The lowest BCUT2D eigenvalue weighted by Crippen LogP contribution is -2.45. The van der Waals surface area contributed by atoms with Crippen molar-refractivity contribution in [1.82, 2.24) is 20.4 Å². The van der Waals surface area contributed by atoms with Crippen molar-refractivity contribution in [2.24, 2.45) is 0 Å². The van der Waals surface area contributed by atoms with Crippen LogP contribution >= 0.6 is 0 Å². The standard InChI is InChI=1S/C17H22N4O2/c1-22-15-5-3-2-4-13(15)14-10-18-8-9-21(14)11-16-19-17(23-20-16)12-6-7-12/h2-5,12,14,18H,6-11H2,1H3. The van der Waals surface area contributed by atoms with Crippen LogP contribution in [0.15, 0.2) is 28.8 Å². The molecule has 122 valence electrons. The Bertz CT molecular complexity index is 668. The normalized spacial score (nSPS) is 22.2. The molecule has 1 saturated carbocycles. The summed E-state index contributed by atoms with van der Waals surface area (Å²) in [5, 5.41) is 7.64. The summed E-state index contributed by atoms with van der Waals surface area (Å²) in [7, 11) is 1.72. The summed E-state index contributed by atoms with van der Waals surface area (Å²) < 4.78 is 10.9. The largest absolute Gasteiger partial charge is 0.496 e. The third kappa shape index (κ3) is 3.09. The predicted octanol–water partition coefficient (Wildman–Crippen LogP) is 2.10. The van der Waals surface area contributed by atoms with Crippen LogP contribution in [0.4, 0.5) is 0 Å². The maximum absolute atomic E-state index is 5.54. The zero-order chi connectivity index (χ0) is 15.6. The first kappa shape index (κ1) is 14.7. The fraction of sp³-hybridized carbons (Fsp3) is 0.529. The molecule has 23 heavy (non-hydrogen) atoms. The lowest BCUT2D eigenvalue weighted by molar-refractivity contribution is 0.146. The number of aromatic nitrogens is 2. The Hall–Kier alpha value is -1.92. The van der Waals surface area contributed by atoms with E-state index in [1.54, 1.807) is 7.11 Å². The number of hydrogen-bond acceptors (Lipinski definition) is 6. The molecule has 2 aromatic rings. The number of methoxy groups -OCH3 is 1. The third-order valence-corrected chi connectivity index (χ3v) is 4.61. The van der Waals surface area contributed by atoms with E-state index in [-0.39, 0.29) is 6.04 Å². The first-order chi connectivity index (χ1) is 11.3. The smallest absolute Gasteiger partial charge is 0.229 e. The number of benzene rings is 1. The van der Waals surface area contributed by atoms with Gasteiger partial charge in [-0.25, -0.2) is 0 Å². The molecule has 1 aromatic carbocycles. The van der Waals surface area contributed by atoms with Gasteiger partial charge in [0, 0.05) is 31.1 Å². The predicted molar refractivity (Wildman–Crippen MR) is 85.3 cm³/mol. The molecule has 2 aliphatic rings. The van der Waals surface area contributed by atoms with Crippen molar-refractivity contribution in [3.8, 4) is 5.75 Å². The van der Waals surface area contributed by atoms with E-state index in [1.807, 2.05) is 12.1 Å². The van der Waals surface area contributed by atoms with Gasteiger partial charge >= 0.3 is 0 Å². The molecule has 0 spiro atoms. The van der Waals surface area contributed by atoms with E-state index >= 15 is 0 Å². The van der Waals surface area contributed by atoms with E-state index in [0.717, 1.165) is 37.1 Å². The van der Waals surface area contributed by atoms with Crippen LogP contribution in [0.1, 0.15) is 42.1 Å². The van der Waals surface area contributed by atoms with Gasteiger partial charge in [-0.05, 0) is 18.9 Å². The van der Waals surface area contributed by atoms with Gasteiger partial charge in [0.05, 0.1) is 19.7 Å². The number of hydrogen-bond donors (Lipinski definition) is 1. The second-order valence-electron chi connectivity index (χ2n) is 6.26. The van der Waals surface area contributed by atoms with Crippen LogP contribution in [0.25, 0.3) is 0 Å². The quantitative estimate of drug-likeness (QED) is 0.912. The third-order valence-electron chi connectivity index (χ3n) is 4.61. The molecule has 0 radical (unpaired) electrons. The zero-order valence-electron chi connectivity index (χ0n) is 13.4. The van der Waals surface area contributed by atoms with Gasteiger partial charge in [0.1, 0.15) is 5.75 Å². The lowest BCUT2D eigenvalue weighted by atomic mass is 10.0. The Morgan fingerprint density at radius 1 is 1.35 bits per heavy atom. The first-order valence-electron chi connectivity index (χ1n) is 8.25. The molecule has 2 heterocycles. The Morgan fingerprint density at radius 3 is 3.04 bits per heavy atom. The second-order valence-corrected chi connectivity index (χ2v) is 6.26. The van der Waals surface area contributed by atoms with Crippen molar-refractivity contribution < 1.29 is 9.26 Å². The van der Waals surface area contributed by atoms with E-state index in [1.165, 1.54) is 18.4 Å². The summed E-state index contributed by atoms with van der Waals surface area (Å²) in [4.78, 5) is 6.96. The fourth-order valence-electron chi connectivity index (χ4n) is 3.19. The van der Waals surface area contributed by atoms with Crippen molar-refractivity contribution in [2.75, 3.05) is 26.7 Å². The van der Waals surface area contributed by atoms with Crippen LogP contribution in [0.2, 0.25) is 0 Å². The molecular weight excluding hydrogens is 292 g/mol. The summed E-state index contributed by atoms with van der Waals surface area (Å²) in [6.07, 6.45) is 2.36. The lowest BCUT2D eigenvalue weighted by Gasteiger charge is -2.36. The Balaban J connectivity index is 1.54. The fourth-order valence-corrected chi connectivity index (χ4v) is 3.19. The number of ether oxygens (including phenoxy) is 1. The van der Waals surface area contributed by atoms with Crippen molar-refractivity contribution >= 4 is 0 Å². The molecule has 1 unspecified atom stereocenters. The van der Waals surface area contributed by atoms with E-state index in [9.17, 15) is 0 Å². The highest BCUT2D eigenvalue weighted by molar-refractivity contribution is 5.36. The van der Waals surface area contributed by atoms with Crippen molar-refractivity contribution in [3.63, 3.8) is 0 Å².